The van der Waals surface area contributed by atoms with Gasteiger partial charge in [0, 0.05) is 42.5 Å². The van der Waals surface area contributed by atoms with E-state index < -0.39 is 0 Å². The van der Waals surface area contributed by atoms with E-state index in [9.17, 15) is 4.79 Å². The van der Waals surface area contributed by atoms with Crippen molar-refractivity contribution in [3.63, 3.8) is 0 Å². The molecule has 1 aliphatic rings. The molecule has 4 rings (SSSR count). The number of para-hydroxylation sites is 1. The van der Waals surface area contributed by atoms with Gasteiger partial charge >= 0.3 is 0 Å². The summed E-state index contributed by atoms with van der Waals surface area (Å²) in [6.07, 6.45) is 6.25. The molecule has 1 atom stereocenters. The van der Waals surface area contributed by atoms with Gasteiger partial charge in [-0.05, 0) is 69.3 Å². The van der Waals surface area contributed by atoms with Gasteiger partial charge in [-0.3, -0.25) is 4.79 Å². The number of amides is 1. The van der Waals surface area contributed by atoms with E-state index >= 15 is 0 Å². The highest BCUT2D eigenvalue weighted by Gasteiger charge is 2.23. The molecule has 1 fully saturated rings. The number of halogens is 1. The summed E-state index contributed by atoms with van der Waals surface area (Å²) in [5, 5.41) is 7.88. The van der Waals surface area contributed by atoms with Crippen LogP contribution in [0, 0.1) is 12.8 Å². The molecule has 1 amide bonds. The van der Waals surface area contributed by atoms with E-state index in [1.54, 1.807) is 0 Å². The molecule has 5 heteroatoms. The Kier molecular flexibility index (Phi) is 8.77. The van der Waals surface area contributed by atoms with Crippen LogP contribution in [0.3, 0.4) is 0 Å². The molecule has 2 aromatic carbocycles. The van der Waals surface area contributed by atoms with Gasteiger partial charge in [-0.1, -0.05) is 48.0 Å². The maximum absolute atomic E-state index is 13.0. The van der Waals surface area contributed by atoms with E-state index in [1.807, 2.05) is 0 Å². The number of nitrogens with zero attached hydrogens (tertiary/aromatic N) is 1. The van der Waals surface area contributed by atoms with Crippen molar-refractivity contribution in [2.75, 3.05) is 19.6 Å². The predicted molar refractivity (Wildman–Crippen MR) is 136 cm³/mol. The van der Waals surface area contributed by atoms with E-state index in [1.165, 1.54) is 40.4 Å². The van der Waals surface area contributed by atoms with Crippen LogP contribution < -0.4 is 10.6 Å². The van der Waals surface area contributed by atoms with Crippen LogP contribution in [0.2, 0.25) is 0 Å². The Hall–Kier alpha value is -2.30. The number of carbonyl (C=O) groups excluding carboxylic acids is 1. The van der Waals surface area contributed by atoms with Crippen LogP contribution in [0.5, 0.6) is 0 Å². The summed E-state index contributed by atoms with van der Waals surface area (Å²) in [4.78, 5) is 13.0. The molecule has 0 radical (unpaired) electrons. The topological polar surface area (TPSA) is 46.1 Å². The monoisotopic (exact) mass is 453 g/mol. The van der Waals surface area contributed by atoms with Crippen molar-refractivity contribution in [1.29, 1.82) is 0 Å². The van der Waals surface area contributed by atoms with Crippen LogP contribution in [0.4, 0.5) is 0 Å². The smallest absolute Gasteiger partial charge is 0.220 e. The van der Waals surface area contributed by atoms with Crippen LogP contribution >= 0.6 is 12.4 Å². The fourth-order valence-electron chi connectivity index (χ4n) is 4.95. The molecule has 2 N–H and O–H groups in total. The number of piperidine rings is 1. The highest BCUT2D eigenvalue weighted by molar-refractivity contribution is 5.86. The Morgan fingerprint density at radius 2 is 1.94 bits per heavy atom. The number of benzene rings is 2. The molecule has 3 aromatic rings. The predicted octanol–water partition coefficient (Wildman–Crippen LogP) is 5.42. The Morgan fingerprint density at radius 1 is 1.16 bits per heavy atom. The van der Waals surface area contributed by atoms with Crippen molar-refractivity contribution >= 4 is 29.2 Å². The molecule has 0 bridgehead atoms. The summed E-state index contributed by atoms with van der Waals surface area (Å²) < 4.78 is 2.29. The van der Waals surface area contributed by atoms with E-state index in [2.05, 4.69) is 83.8 Å². The Morgan fingerprint density at radius 3 is 2.69 bits per heavy atom. The van der Waals surface area contributed by atoms with Crippen LogP contribution in [-0.2, 0) is 11.3 Å². The lowest BCUT2D eigenvalue weighted by Crippen LogP contribution is -2.31. The Bertz CT molecular complexity index is 1020. The van der Waals surface area contributed by atoms with Crippen molar-refractivity contribution in [1.82, 2.24) is 15.2 Å². The van der Waals surface area contributed by atoms with E-state index in [0.717, 1.165) is 38.5 Å². The van der Waals surface area contributed by atoms with Crippen molar-refractivity contribution in [3.05, 3.63) is 71.4 Å². The molecule has 0 saturated carbocycles. The minimum absolute atomic E-state index is 0. The van der Waals surface area contributed by atoms with Crippen LogP contribution in [0.25, 0.3) is 10.9 Å². The van der Waals surface area contributed by atoms with Gasteiger partial charge in [-0.25, -0.2) is 0 Å². The SMILES string of the molecule is CCn1cc(C(CC(=O)NCCC2CCNCC2)c2cccc(C)c2)c2ccccc21.Cl. The molecule has 1 aliphatic heterocycles. The summed E-state index contributed by atoms with van der Waals surface area (Å²) in [5.41, 5.74) is 4.93. The highest BCUT2D eigenvalue weighted by Crippen LogP contribution is 2.35. The second kappa shape index (κ2) is 11.5. The number of hydrogen-bond donors (Lipinski definition) is 2. The molecule has 32 heavy (non-hydrogen) atoms. The minimum Gasteiger partial charge on any atom is -0.356 e. The number of aryl methyl sites for hydroxylation is 2. The van der Waals surface area contributed by atoms with Gasteiger partial charge in [0.25, 0.3) is 0 Å². The quantitative estimate of drug-likeness (QED) is 0.478. The average Bonchev–Trinajstić information content (AvgIpc) is 3.17. The number of carbonyl (C=O) groups is 1. The van der Waals surface area contributed by atoms with E-state index in [-0.39, 0.29) is 24.2 Å². The first kappa shape index (κ1) is 24.3. The summed E-state index contributed by atoms with van der Waals surface area (Å²) in [5.74, 6) is 0.932. The molecule has 172 valence electrons. The van der Waals surface area contributed by atoms with Gasteiger partial charge in [0.2, 0.25) is 5.91 Å². The lowest BCUT2D eigenvalue weighted by atomic mass is 9.87. The van der Waals surface area contributed by atoms with Crippen LogP contribution in [-0.4, -0.2) is 30.1 Å². The second-order valence-electron chi connectivity index (χ2n) is 8.89. The van der Waals surface area contributed by atoms with Gasteiger partial charge in [0.15, 0.2) is 0 Å². The number of fused-ring (bicyclic) bond motifs is 1. The third-order valence-corrected chi connectivity index (χ3v) is 6.70. The summed E-state index contributed by atoms with van der Waals surface area (Å²) in [7, 11) is 0. The molecule has 1 saturated heterocycles. The molecule has 1 aromatic heterocycles. The first-order valence-corrected chi connectivity index (χ1v) is 11.8. The normalized spacial score (nSPS) is 15.3. The van der Waals surface area contributed by atoms with Crippen LogP contribution in [0.1, 0.15) is 55.2 Å². The lowest BCUT2D eigenvalue weighted by molar-refractivity contribution is -0.121. The molecule has 4 nitrogen and oxygen atoms in total. The molecule has 0 spiro atoms. The van der Waals surface area contributed by atoms with Gasteiger partial charge in [0.05, 0.1) is 0 Å². The summed E-state index contributed by atoms with van der Waals surface area (Å²) in [6.45, 7) is 8.20. The zero-order valence-corrected chi connectivity index (χ0v) is 20.1. The molecule has 0 aliphatic carbocycles. The van der Waals surface area contributed by atoms with Crippen molar-refractivity contribution in [3.8, 4) is 0 Å². The Balaban J connectivity index is 0.00000289. The molecular formula is C27H36ClN3O. The summed E-state index contributed by atoms with van der Waals surface area (Å²) >= 11 is 0. The zero-order chi connectivity index (χ0) is 21.6. The molecule has 1 unspecified atom stereocenters. The third-order valence-electron chi connectivity index (χ3n) is 6.70. The van der Waals surface area contributed by atoms with Gasteiger partial charge in [-0.2, -0.15) is 0 Å². The average molecular weight is 454 g/mol. The van der Waals surface area contributed by atoms with Crippen molar-refractivity contribution in [2.24, 2.45) is 5.92 Å². The number of nitrogens with one attached hydrogen (secondary N) is 2. The number of rotatable bonds is 8. The number of hydrogen-bond acceptors (Lipinski definition) is 2. The number of aromatic nitrogens is 1. The van der Waals surface area contributed by atoms with Gasteiger partial charge < -0.3 is 15.2 Å². The fraction of sp³-hybridized carbons (Fsp3) is 0.444. The molecular weight excluding hydrogens is 418 g/mol. The summed E-state index contributed by atoms with van der Waals surface area (Å²) in [6, 6.07) is 17.2. The third kappa shape index (κ3) is 5.73. The largest absolute Gasteiger partial charge is 0.356 e. The van der Waals surface area contributed by atoms with Crippen molar-refractivity contribution in [2.45, 2.75) is 52.0 Å². The van der Waals surface area contributed by atoms with E-state index in [0.29, 0.717) is 6.42 Å². The maximum Gasteiger partial charge on any atom is 0.220 e. The maximum atomic E-state index is 13.0. The highest BCUT2D eigenvalue weighted by atomic mass is 35.5. The zero-order valence-electron chi connectivity index (χ0n) is 19.3. The van der Waals surface area contributed by atoms with Gasteiger partial charge in [0.1, 0.15) is 0 Å². The first-order chi connectivity index (χ1) is 15.2. The van der Waals surface area contributed by atoms with E-state index in [4.69, 9.17) is 0 Å². The minimum atomic E-state index is 0. The van der Waals surface area contributed by atoms with Gasteiger partial charge in [-0.15, -0.1) is 12.4 Å². The Labute approximate surface area is 198 Å². The molecule has 2 heterocycles. The van der Waals surface area contributed by atoms with Crippen molar-refractivity contribution < 1.29 is 4.79 Å². The fourth-order valence-corrected chi connectivity index (χ4v) is 4.95. The van der Waals surface area contributed by atoms with Crippen LogP contribution in [0.15, 0.2) is 54.7 Å². The lowest BCUT2D eigenvalue weighted by Gasteiger charge is -2.23. The first-order valence-electron chi connectivity index (χ1n) is 11.8. The second-order valence-corrected chi connectivity index (χ2v) is 8.89. The standard InChI is InChI=1S/C27H35N3O.ClH/c1-3-30-19-25(23-9-4-5-10-26(23)30)24(22-8-6-7-20(2)17-22)18-27(31)29-16-13-21-11-14-28-15-12-21;/h4-10,17,19,21,24,28H,3,11-16,18H2,1-2H3,(H,29,31);1H.